The molecule has 5 aliphatic rings. The summed E-state index contributed by atoms with van der Waals surface area (Å²) >= 11 is 35.5. The quantitative estimate of drug-likeness (QED) is 0.101. The van der Waals surface area contributed by atoms with E-state index in [1.54, 1.807) is 83.1 Å². The summed E-state index contributed by atoms with van der Waals surface area (Å²) < 4.78 is 55.1. The Hall–Kier alpha value is -4.31. The fourth-order valence-electron chi connectivity index (χ4n) is 11.1. The number of amides is 1. The summed E-state index contributed by atoms with van der Waals surface area (Å²) in [4.78, 5) is 102. The fourth-order valence-corrected chi connectivity index (χ4v) is 11.5. The molecule has 19 nitrogen and oxygen atoms in total. The number of alkyl halides is 6. The molecule has 0 aromatic heterocycles. The van der Waals surface area contributed by atoms with Gasteiger partial charge in [0.05, 0.1) is 23.5 Å². The summed E-state index contributed by atoms with van der Waals surface area (Å²) in [5.74, 6) is -7.33. The Morgan fingerprint density at radius 2 is 1.38 bits per heavy atom. The summed E-state index contributed by atoms with van der Waals surface area (Å²) in [5.41, 5.74) is -9.14. The number of fused-ring (bicyclic) bond motifs is 5. The van der Waals surface area contributed by atoms with Crippen LogP contribution in [0.1, 0.15) is 97.1 Å². The Bertz CT molecular complexity index is 2620. The van der Waals surface area contributed by atoms with Crippen LogP contribution < -0.4 is 0 Å². The lowest BCUT2D eigenvalue weighted by atomic mass is 9.47. The standard InChI is InChI=1S/C51H57Cl6NO18/c1-25-30(70-41(62)36-34(28-16-12-10-13-17-28)58(46(7,8)75-36)42(63)76-45(4,5)6)21-48(66)26(2)33(25)35(72-44(65)69-24-51(55,56)57)38(60)47(9)31(71-43(64)68-23-50(52,53)54)20-32-49(22-67-32,74-27(3)59)37(47)39(48)73-40(61)29-18-14-11-15-19-29/h10-19,26,30-32,34-37,39,66H,20-24H2,1-9H3/t26-,30+,31+,32-,34+,35-,36?,37+,39+,47-,48+,49+/m1/s1. The molecule has 7 rings (SSSR count). The van der Waals surface area contributed by atoms with Gasteiger partial charge >= 0.3 is 36.3 Å². The predicted molar refractivity (Wildman–Crippen MR) is 272 cm³/mol. The van der Waals surface area contributed by atoms with Gasteiger partial charge in [-0.15, -0.1) is 0 Å². The molecule has 25 heteroatoms. The van der Waals surface area contributed by atoms with E-state index in [1.807, 2.05) is 0 Å². The number of halogens is 6. The SMILES string of the molecule is CC(=O)O[C@@]12CO[C@@H]1C[C@H](OC(=O)OCC(Cl)(Cl)Cl)[C@@]1(C)C(=O)[C@H](OC(=O)OCC(Cl)(Cl)Cl)C3=C(C)[C@@H](OC(=O)C4OC(C)(C)N(C(=O)OC(C)(C)C)[C@H]4c4ccccc4)C[C@](O)([C@@H]3C)[C@@H](OC(=O)c3ccccc3)[C@H]21. The van der Waals surface area contributed by atoms with Crippen molar-refractivity contribution in [3.63, 3.8) is 0 Å². The number of ketones is 1. The average Bonchev–Trinajstić information content (AvgIpc) is 3.61. The lowest BCUT2D eigenvalue weighted by Crippen LogP contribution is -2.81. The molecule has 0 radical (unpaired) electrons. The molecule has 76 heavy (non-hydrogen) atoms. The van der Waals surface area contributed by atoms with Crippen LogP contribution in [0.15, 0.2) is 71.8 Å². The number of Topliss-reactive ketones (excluding diaryl/α,β-unsaturated/α-hetero) is 1. The molecular weight excluding hydrogens is 1130 g/mol. The second-order valence-electron chi connectivity index (χ2n) is 21.0. The Morgan fingerprint density at radius 1 is 0.816 bits per heavy atom. The van der Waals surface area contributed by atoms with Crippen LogP contribution in [0.4, 0.5) is 14.4 Å². The third-order valence-electron chi connectivity index (χ3n) is 14.4. The molecule has 4 fully saturated rings. The number of esters is 3. The van der Waals surface area contributed by atoms with Gasteiger partial charge in [-0.1, -0.05) is 125 Å². The van der Waals surface area contributed by atoms with Crippen LogP contribution in [0.25, 0.3) is 0 Å². The highest BCUT2D eigenvalue weighted by atomic mass is 35.6. The second-order valence-corrected chi connectivity index (χ2v) is 26.0. The zero-order chi connectivity index (χ0) is 56.3. The smallest absolute Gasteiger partial charge is 0.456 e. The largest absolute Gasteiger partial charge is 0.509 e. The van der Waals surface area contributed by atoms with Gasteiger partial charge in [-0.05, 0) is 77.3 Å². The van der Waals surface area contributed by atoms with Crippen molar-refractivity contribution in [3.05, 3.63) is 82.9 Å². The molecule has 2 aromatic carbocycles. The van der Waals surface area contributed by atoms with Crippen molar-refractivity contribution in [2.45, 2.75) is 148 Å². The first-order valence-electron chi connectivity index (χ1n) is 23.9. The summed E-state index contributed by atoms with van der Waals surface area (Å²) in [5, 5.41) is 14.0. The minimum atomic E-state index is -2.55. The van der Waals surface area contributed by atoms with Crippen LogP contribution in [0.2, 0.25) is 0 Å². The van der Waals surface area contributed by atoms with E-state index in [1.165, 1.54) is 37.8 Å². The van der Waals surface area contributed by atoms with Crippen molar-refractivity contribution in [2.24, 2.45) is 17.3 Å². The van der Waals surface area contributed by atoms with E-state index < -0.39 is 165 Å². The molecule has 3 aliphatic carbocycles. The van der Waals surface area contributed by atoms with E-state index in [0.717, 1.165) is 6.92 Å². The van der Waals surface area contributed by atoms with E-state index in [0.29, 0.717) is 5.56 Å². The van der Waals surface area contributed by atoms with E-state index in [-0.39, 0.29) is 16.7 Å². The maximum Gasteiger partial charge on any atom is 0.509 e. The van der Waals surface area contributed by atoms with Gasteiger partial charge in [0.15, 0.2) is 23.6 Å². The molecule has 1 N–H and O–H groups in total. The first-order valence-corrected chi connectivity index (χ1v) is 26.2. The number of nitrogens with zero attached hydrogens (tertiary/aromatic N) is 1. The van der Waals surface area contributed by atoms with Gasteiger partial charge in [0.1, 0.15) is 60.6 Å². The van der Waals surface area contributed by atoms with Gasteiger partial charge in [-0.3, -0.25) is 14.5 Å². The third-order valence-corrected chi connectivity index (χ3v) is 15.0. The van der Waals surface area contributed by atoms with Crippen LogP contribution in [0.3, 0.4) is 0 Å². The number of carbonyl (C=O) groups excluding carboxylic acids is 7. The number of rotatable bonds is 10. The van der Waals surface area contributed by atoms with Gasteiger partial charge in [0.2, 0.25) is 7.59 Å². The summed E-state index contributed by atoms with van der Waals surface area (Å²) in [6, 6.07) is 14.9. The molecule has 12 atom stereocenters. The maximum atomic E-state index is 16.3. The van der Waals surface area contributed by atoms with E-state index in [2.05, 4.69) is 0 Å². The molecule has 2 aliphatic heterocycles. The monoisotopic (exact) mass is 1180 g/mol. The van der Waals surface area contributed by atoms with Crippen LogP contribution in [0.5, 0.6) is 0 Å². The van der Waals surface area contributed by atoms with Gasteiger partial charge in [0.25, 0.3) is 0 Å². The molecule has 2 bridgehead atoms. The first kappa shape index (κ1) is 59.4. The van der Waals surface area contributed by atoms with Gasteiger partial charge in [-0.2, -0.15) is 0 Å². The van der Waals surface area contributed by atoms with Crippen molar-refractivity contribution in [2.75, 3.05) is 19.8 Å². The fraction of sp³-hybridized carbons (Fsp3) is 0.588. The molecule has 1 amide bonds. The van der Waals surface area contributed by atoms with E-state index >= 15 is 9.59 Å². The van der Waals surface area contributed by atoms with Gasteiger partial charge in [-0.25, -0.2) is 24.0 Å². The van der Waals surface area contributed by atoms with Gasteiger partial charge in [0, 0.05) is 25.7 Å². The van der Waals surface area contributed by atoms with Crippen molar-refractivity contribution in [1.82, 2.24) is 4.90 Å². The maximum absolute atomic E-state index is 16.3. The predicted octanol–water partition coefficient (Wildman–Crippen LogP) is 9.42. The zero-order valence-corrected chi connectivity index (χ0v) is 47.1. The molecule has 1 unspecified atom stereocenters. The molecule has 2 heterocycles. The summed E-state index contributed by atoms with van der Waals surface area (Å²) in [6.45, 7) is 11.2. The van der Waals surface area contributed by atoms with Crippen molar-refractivity contribution in [3.8, 4) is 0 Å². The van der Waals surface area contributed by atoms with Crippen molar-refractivity contribution < 1.29 is 86.0 Å². The molecule has 2 saturated carbocycles. The molecular formula is C51H57Cl6NO18. The molecule has 2 aromatic rings. The number of carbonyl (C=O) groups is 7. The Morgan fingerprint density at radius 3 is 1.91 bits per heavy atom. The van der Waals surface area contributed by atoms with Crippen LogP contribution in [-0.4, -0.2) is 139 Å². The lowest BCUT2D eigenvalue weighted by Gasteiger charge is -2.66. The number of benzene rings is 2. The van der Waals surface area contributed by atoms with Gasteiger partial charge < -0.3 is 52.5 Å². The normalized spacial score (nSPS) is 31.9. The minimum Gasteiger partial charge on any atom is -0.456 e. The van der Waals surface area contributed by atoms with Crippen LogP contribution >= 0.6 is 69.6 Å². The molecule has 2 saturated heterocycles. The highest BCUT2D eigenvalue weighted by Crippen LogP contribution is 2.63. The van der Waals surface area contributed by atoms with Crippen LogP contribution in [-0.2, 0) is 61.8 Å². The average molecular weight is 1180 g/mol. The highest BCUT2D eigenvalue weighted by Gasteiger charge is 2.78. The van der Waals surface area contributed by atoms with Crippen molar-refractivity contribution in [1.29, 1.82) is 0 Å². The number of ether oxygens (including phenoxy) is 10. The first-order chi connectivity index (χ1) is 35.1. The van der Waals surface area contributed by atoms with Crippen molar-refractivity contribution >= 4 is 112 Å². The summed E-state index contributed by atoms with van der Waals surface area (Å²) in [7, 11) is 0. The highest BCUT2D eigenvalue weighted by molar-refractivity contribution is 6.68. The zero-order valence-electron chi connectivity index (χ0n) is 42.6. The second kappa shape index (κ2) is 21.7. The topological polar surface area (TPSA) is 235 Å². The Labute approximate surface area is 468 Å². The number of hydrogen-bond donors (Lipinski definition) is 1. The summed E-state index contributed by atoms with van der Waals surface area (Å²) in [6.07, 6.45) is -15.3. The Kier molecular flexibility index (Phi) is 17.0. The lowest BCUT2D eigenvalue weighted by molar-refractivity contribution is -0.343. The number of hydrogen-bond acceptors (Lipinski definition) is 18. The Balaban J connectivity index is 1.45. The van der Waals surface area contributed by atoms with Crippen LogP contribution in [0, 0.1) is 17.3 Å². The minimum absolute atomic E-state index is 0.0261. The van der Waals surface area contributed by atoms with E-state index in [4.69, 9.17) is 117 Å². The van der Waals surface area contributed by atoms with E-state index in [9.17, 15) is 29.1 Å². The molecule has 0 spiro atoms. The third kappa shape index (κ3) is 12.0. The number of aliphatic hydroxyl groups is 1. The molecule has 416 valence electrons.